The van der Waals surface area contributed by atoms with E-state index in [9.17, 15) is 14.4 Å². The minimum absolute atomic E-state index is 0. The van der Waals surface area contributed by atoms with E-state index in [1.54, 1.807) is 0 Å². The molecule has 0 fully saturated rings. The largest absolute Gasteiger partial charge is 0.481 e. The van der Waals surface area contributed by atoms with Gasteiger partial charge in [0.05, 0.1) is 6.42 Å². The summed E-state index contributed by atoms with van der Waals surface area (Å²) < 4.78 is 0. The van der Waals surface area contributed by atoms with Gasteiger partial charge in [0.2, 0.25) is 5.91 Å². The number of amides is 1. The van der Waals surface area contributed by atoms with Gasteiger partial charge >= 0.3 is 11.9 Å². The maximum Gasteiger partial charge on any atom is 0.326 e. The monoisotopic (exact) mass is 289 g/mol. The minimum atomic E-state index is -1.10. The molecule has 0 heterocycles. The summed E-state index contributed by atoms with van der Waals surface area (Å²) in [6.07, 6.45) is 1.68. The van der Waals surface area contributed by atoms with E-state index >= 15 is 0 Å². The molecule has 17 heavy (non-hydrogen) atoms. The normalized spacial score (nSPS) is 11.1. The van der Waals surface area contributed by atoms with Crippen LogP contribution in [0.4, 0.5) is 0 Å². The van der Waals surface area contributed by atoms with Crippen molar-refractivity contribution in [2.75, 3.05) is 12.0 Å². The molecule has 6 nitrogen and oxygen atoms in total. The first-order valence-electron chi connectivity index (χ1n) is 4.70. The zero-order valence-corrected chi connectivity index (χ0v) is 12.7. The van der Waals surface area contributed by atoms with Gasteiger partial charge in [-0.25, -0.2) is 4.79 Å². The first kappa shape index (κ1) is 19.4. The van der Waals surface area contributed by atoms with Crippen molar-refractivity contribution in [2.45, 2.75) is 25.3 Å². The van der Waals surface area contributed by atoms with Gasteiger partial charge in [0, 0.05) is 44.2 Å². The summed E-state index contributed by atoms with van der Waals surface area (Å²) in [5, 5.41) is 19.4. The van der Waals surface area contributed by atoms with E-state index in [-0.39, 0.29) is 50.6 Å². The van der Waals surface area contributed by atoms with Crippen LogP contribution >= 0.6 is 11.8 Å². The van der Waals surface area contributed by atoms with Gasteiger partial charge in [-0.2, -0.15) is 11.8 Å². The SMILES string of the molecule is CSCCC(NC(=O)CCC(=O)O)C(=O)O.[Ca]. The molecule has 0 aliphatic heterocycles. The number of nitrogens with one attached hydrogen (secondary N) is 1. The van der Waals surface area contributed by atoms with E-state index in [1.165, 1.54) is 11.8 Å². The Labute approximate surface area is 134 Å². The molecule has 0 aromatic heterocycles. The smallest absolute Gasteiger partial charge is 0.326 e. The Morgan fingerprint density at radius 2 is 1.82 bits per heavy atom. The first-order chi connectivity index (χ1) is 7.47. The first-order valence-corrected chi connectivity index (χ1v) is 6.09. The standard InChI is InChI=1S/C9H15NO5S.Ca/c1-16-5-4-6(9(14)15)10-7(11)2-3-8(12)13;/h6H,2-5H2,1H3,(H,10,11)(H,12,13)(H,14,15);. The van der Waals surface area contributed by atoms with Gasteiger partial charge in [0.1, 0.15) is 6.04 Å². The summed E-state index contributed by atoms with van der Waals surface area (Å²) >= 11 is 1.48. The van der Waals surface area contributed by atoms with Gasteiger partial charge in [-0.3, -0.25) is 9.59 Å². The average Bonchev–Trinajstić information content (AvgIpc) is 2.20. The number of rotatable bonds is 8. The van der Waals surface area contributed by atoms with Crippen molar-refractivity contribution in [3.05, 3.63) is 0 Å². The van der Waals surface area contributed by atoms with Crippen LogP contribution in [0, 0.1) is 0 Å². The van der Waals surface area contributed by atoms with E-state index in [0.717, 1.165) is 0 Å². The molecular weight excluding hydrogens is 274 g/mol. The Kier molecular flexibility index (Phi) is 12.7. The topological polar surface area (TPSA) is 104 Å². The summed E-state index contributed by atoms with van der Waals surface area (Å²) in [7, 11) is 0. The van der Waals surface area contributed by atoms with Crippen LogP contribution in [0.5, 0.6) is 0 Å². The molecule has 1 unspecified atom stereocenters. The molecule has 2 radical (unpaired) electrons. The summed E-state index contributed by atoms with van der Waals surface area (Å²) in [4.78, 5) is 32.1. The molecule has 3 N–H and O–H groups in total. The Hall–Kier alpha value is 0.0197. The fourth-order valence-electron chi connectivity index (χ4n) is 0.980. The quantitative estimate of drug-likeness (QED) is 0.534. The third-order valence-corrected chi connectivity index (χ3v) is 2.45. The third kappa shape index (κ3) is 10.9. The fraction of sp³-hybridized carbons (Fsp3) is 0.667. The van der Waals surface area contributed by atoms with E-state index in [2.05, 4.69) is 5.32 Å². The van der Waals surface area contributed by atoms with Gasteiger partial charge in [-0.05, 0) is 18.4 Å². The van der Waals surface area contributed by atoms with Crippen molar-refractivity contribution < 1.29 is 24.6 Å². The Morgan fingerprint density at radius 1 is 1.24 bits per heavy atom. The predicted molar refractivity (Wildman–Crippen MR) is 65.2 cm³/mol. The van der Waals surface area contributed by atoms with Crippen LogP contribution in [0.15, 0.2) is 0 Å². The van der Waals surface area contributed by atoms with Crippen LogP contribution in [0.1, 0.15) is 19.3 Å². The molecule has 0 aliphatic rings. The minimum Gasteiger partial charge on any atom is -0.481 e. The van der Waals surface area contributed by atoms with Crippen molar-refractivity contribution in [1.82, 2.24) is 5.32 Å². The van der Waals surface area contributed by atoms with Crippen LogP contribution in [0.25, 0.3) is 0 Å². The van der Waals surface area contributed by atoms with Crippen molar-refractivity contribution in [2.24, 2.45) is 0 Å². The van der Waals surface area contributed by atoms with Gasteiger partial charge in [0.25, 0.3) is 0 Å². The zero-order chi connectivity index (χ0) is 12.6. The Morgan fingerprint density at radius 3 is 2.24 bits per heavy atom. The second-order valence-electron chi connectivity index (χ2n) is 3.13. The summed E-state index contributed by atoms with van der Waals surface area (Å²) in [5.74, 6) is -2.10. The number of carboxylic acids is 2. The molecule has 0 saturated carbocycles. The predicted octanol–water partition coefficient (Wildman–Crippen LogP) is -0.207. The maximum atomic E-state index is 11.2. The summed E-state index contributed by atoms with van der Waals surface area (Å²) in [5.41, 5.74) is 0. The number of carboxylic acid groups (broad SMARTS) is 2. The number of thioether (sulfide) groups is 1. The van der Waals surface area contributed by atoms with Crippen LogP contribution in [-0.4, -0.2) is 83.8 Å². The number of carbonyl (C=O) groups is 3. The van der Waals surface area contributed by atoms with Crippen molar-refractivity contribution >= 4 is 67.3 Å². The molecule has 0 rings (SSSR count). The number of hydrogen-bond donors (Lipinski definition) is 3. The van der Waals surface area contributed by atoms with Crippen LogP contribution in [-0.2, 0) is 14.4 Å². The van der Waals surface area contributed by atoms with Gasteiger partial charge in [-0.1, -0.05) is 0 Å². The van der Waals surface area contributed by atoms with E-state index in [0.29, 0.717) is 12.2 Å². The molecular formula is C9H15CaNO5S. The van der Waals surface area contributed by atoms with Crippen LogP contribution < -0.4 is 5.32 Å². The summed E-state index contributed by atoms with van der Waals surface area (Å²) in [6, 6.07) is -0.936. The van der Waals surface area contributed by atoms with E-state index < -0.39 is 23.9 Å². The summed E-state index contributed by atoms with van der Waals surface area (Å²) in [6.45, 7) is 0. The zero-order valence-electron chi connectivity index (χ0n) is 9.64. The number of carbonyl (C=O) groups excluding carboxylic acids is 1. The molecule has 1 amide bonds. The average molecular weight is 289 g/mol. The fourth-order valence-corrected chi connectivity index (χ4v) is 1.45. The molecule has 0 spiro atoms. The molecule has 0 bridgehead atoms. The van der Waals surface area contributed by atoms with Gasteiger partial charge in [-0.15, -0.1) is 0 Å². The molecule has 94 valence electrons. The molecule has 0 aliphatic carbocycles. The molecule has 0 aromatic carbocycles. The second-order valence-corrected chi connectivity index (χ2v) is 4.12. The van der Waals surface area contributed by atoms with E-state index in [4.69, 9.17) is 10.2 Å². The van der Waals surface area contributed by atoms with E-state index in [1.807, 2.05) is 6.26 Å². The Bertz CT molecular complexity index is 274. The second kappa shape index (κ2) is 11.1. The molecule has 8 heteroatoms. The Balaban J connectivity index is 0. The van der Waals surface area contributed by atoms with Crippen LogP contribution in [0.2, 0.25) is 0 Å². The number of hydrogen-bond acceptors (Lipinski definition) is 4. The van der Waals surface area contributed by atoms with Gasteiger partial charge in [0.15, 0.2) is 0 Å². The van der Waals surface area contributed by atoms with Gasteiger partial charge < -0.3 is 15.5 Å². The maximum absolute atomic E-state index is 11.2. The van der Waals surface area contributed by atoms with Crippen LogP contribution in [0.3, 0.4) is 0 Å². The third-order valence-electron chi connectivity index (χ3n) is 1.81. The molecule has 0 aromatic rings. The van der Waals surface area contributed by atoms with Crippen molar-refractivity contribution in [1.29, 1.82) is 0 Å². The van der Waals surface area contributed by atoms with Crippen molar-refractivity contribution in [3.8, 4) is 0 Å². The molecule has 1 atom stereocenters. The van der Waals surface area contributed by atoms with Crippen molar-refractivity contribution in [3.63, 3.8) is 0 Å². The number of aliphatic carboxylic acids is 2. The molecule has 0 saturated heterocycles.